The van der Waals surface area contributed by atoms with Gasteiger partial charge in [-0.3, -0.25) is 4.79 Å². The molecule has 0 bridgehead atoms. The van der Waals surface area contributed by atoms with Crippen molar-refractivity contribution in [3.05, 3.63) is 36.4 Å². The largest absolute Gasteiger partial charge is 0.493 e. The zero-order valence-corrected chi connectivity index (χ0v) is 16.8. The topological polar surface area (TPSA) is 83.4 Å². The molecule has 1 amide bonds. The van der Waals surface area contributed by atoms with Crippen LogP contribution in [-0.2, 0) is 10.2 Å². The van der Waals surface area contributed by atoms with Crippen molar-refractivity contribution < 1.29 is 18.8 Å². The monoisotopic (exact) mass is 398 g/mol. The fourth-order valence-electron chi connectivity index (χ4n) is 5.35. The summed E-state index contributed by atoms with van der Waals surface area (Å²) in [4.78, 5) is 15.7. The smallest absolute Gasteiger partial charge is 0.265 e. The molecule has 5 rings (SSSR count). The number of para-hydroxylation sites is 1. The van der Waals surface area contributed by atoms with Crippen LogP contribution in [0.5, 0.6) is 11.5 Å². The maximum absolute atomic E-state index is 13.6. The molecular weight excluding hydrogens is 370 g/mol. The van der Waals surface area contributed by atoms with Crippen LogP contribution in [-0.4, -0.2) is 60.9 Å². The summed E-state index contributed by atoms with van der Waals surface area (Å²) >= 11 is 0. The van der Waals surface area contributed by atoms with E-state index in [2.05, 4.69) is 31.0 Å². The number of rotatable bonds is 3. The maximum atomic E-state index is 13.6. The Kier molecular flexibility index (Phi) is 4.66. The molecule has 1 spiro atoms. The summed E-state index contributed by atoms with van der Waals surface area (Å²) in [6.07, 6.45) is 6.47. The molecule has 0 saturated carbocycles. The molecule has 29 heavy (non-hydrogen) atoms. The number of nitrogens with zero attached hydrogens (tertiary/aromatic N) is 3. The van der Waals surface area contributed by atoms with Crippen molar-refractivity contribution >= 4 is 5.91 Å². The molecular formula is C21H28N5O3+. The standard InChI is InChI=1S/C21H27N5O3/c1-28-18-4-2-3-16-19(18)29-10-7-21(16)12-22-11-17(21)20(27)25-8-5-15(6-9-25)26-13-23-24-14-26/h2-4,13-15,17,22H,5-12H2,1H3/p+1/t17-,21-/m0/s1. The number of likely N-dealkylation sites (tertiary alicyclic amines) is 1. The SMILES string of the molecule is COc1cccc2c1OCC[C@]21CNC[C@H]1C(=O)N1CCC([n+]2cn[nH]c2)CC1. The molecule has 1 aromatic carbocycles. The Morgan fingerprint density at radius 2 is 2.24 bits per heavy atom. The average molecular weight is 398 g/mol. The van der Waals surface area contributed by atoms with Gasteiger partial charge in [0.2, 0.25) is 12.2 Å². The molecule has 0 aliphatic carbocycles. The number of methoxy groups -OCH3 is 1. The van der Waals surface area contributed by atoms with Crippen LogP contribution in [0.15, 0.2) is 30.9 Å². The zero-order valence-electron chi connectivity index (χ0n) is 16.8. The maximum Gasteiger partial charge on any atom is 0.265 e. The third kappa shape index (κ3) is 2.97. The molecule has 1 aromatic heterocycles. The summed E-state index contributed by atoms with van der Waals surface area (Å²) in [5, 5.41) is 10.4. The van der Waals surface area contributed by atoms with E-state index in [0.29, 0.717) is 19.2 Å². The number of H-pyrrole nitrogens is 1. The number of aromatic nitrogens is 3. The van der Waals surface area contributed by atoms with E-state index in [1.54, 1.807) is 7.11 Å². The number of amides is 1. The summed E-state index contributed by atoms with van der Waals surface area (Å²) in [5.41, 5.74) is 0.880. The first kappa shape index (κ1) is 18.4. The van der Waals surface area contributed by atoms with Gasteiger partial charge in [0.05, 0.1) is 25.7 Å². The lowest BCUT2D eigenvalue weighted by molar-refractivity contribution is -0.725. The third-order valence-electron chi connectivity index (χ3n) is 6.95. The Balaban J connectivity index is 1.38. The first-order chi connectivity index (χ1) is 14.2. The molecule has 3 aliphatic heterocycles. The number of benzene rings is 1. The van der Waals surface area contributed by atoms with Gasteiger partial charge < -0.3 is 19.7 Å². The summed E-state index contributed by atoms with van der Waals surface area (Å²) in [6, 6.07) is 6.43. The molecule has 2 atom stereocenters. The molecule has 0 unspecified atom stereocenters. The Morgan fingerprint density at radius 1 is 1.38 bits per heavy atom. The highest BCUT2D eigenvalue weighted by atomic mass is 16.5. The number of piperidine rings is 1. The third-order valence-corrected chi connectivity index (χ3v) is 6.95. The molecule has 4 heterocycles. The Hall–Kier alpha value is -2.61. The lowest BCUT2D eigenvalue weighted by atomic mass is 9.68. The van der Waals surface area contributed by atoms with E-state index in [1.165, 1.54) is 0 Å². The Labute approximate surface area is 170 Å². The molecule has 2 saturated heterocycles. The van der Waals surface area contributed by atoms with Gasteiger partial charge in [-0.05, 0) is 25.3 Å². The van der Waals surface area contributed by atoms with Crippen LogP contribution < -0.4 is 19.4 Å². The van der Waals surface area contributed by atoms with Gasteiger partial charge >= 0.3 is 0 Å². The molecule has 3 aliphatic rings. The highest BCUT2D eigenvalue weighted by Crippen LogP contribution is 2.49. The molecule has 2 N–H and O–H groups in total. The summed E-state index contributed by atoms with van der Waals surface area (Å²) in [6.45, 7) is 3.70. The van der Waals surface area contributed by atoms with Crippen molar-refractivity contribution in [3.63, 3.8) is 0 Å². The molecule has 8 heteroatoms. The minimum atomic E-state index is -0.227. The predicted molar refractivity (Wildman–Crippen MR) is 105 cm³/mol. The van der Waals surface area contributed by atoms with E-state index < -0.39 is 0 Å². The van der Waals surface area contributed by atoms with Crippen LogP contribution >= 0.6 is 0 Å². The van der Waals surface area contributed by atoms with E-state index >= 15 is 0 Å². The number of nitrogens with one attached hydrogen (secondary N) is 2. The minimum Gasteiger partial charge on any atom is -0.493 e. The van der Waals surface area contributed by atoms with Crippen LogP contribution in [0.4, 0.5) is 0 Å². The quantitative estimate of drug-likeness (QED) is 0.748. The minimum absolute atomic E-state index is 0.0737. The lowest BCUT2D eigenvalue weighted by Gasteiger charge is -2.42. The van der Waals surface area contributed by atoms with Crippen LogP contribution in [0.3, 0.4) is 0 Å². The van der Waals surface area contributed by atoms with Gasteiger partial charge in [0.1, 0.15) is 0 Å². The molecule has 154 valence electrons. The van der Waals surface area contributed by atoms with Crippen LogP contribution in [0, 0.1) is 5.92 Å². The number of carbonyl (C=O) groups is 1. The highest BCUT2D eigenvalue weighted by molar-refractivity contribution is 5.82. The number of aromatic amines is 1. The number of ether oxygens (including phenoxy) is 2. The van der Waals surface area contributed by atoms with Crippen LogP contribution in [0.1, 0.15) is 30.9 Å². The van der Waals surface area contributed by atoms with Crippen molar-refractivity contribution in [2.75, 3.05) is 39.9 Å². The van der Waals surface area contributed by atoms with Gasteiger partial charge in [-0.1, -0.05) is 12.1 Å². The first-order valence-electron chi connectivity index (χ1n) is 10.4. The van der Waals surface area contributed by atoms with Crippen LogP contribution in [0.25, 0.3) is 0 Å². The van der Waals surface area contributed by atoms with E-state index in [9.17, 15) is 4.79 Å². The van der Waals surface area contributed by atoms with Gasteiger partial charge in [0, 0.05) is 42.3 Å². The second kappa shape index (κ2) is 7.33. The number of hydrogen-bond acceptors (Lipinski definition) is 5. The normalized spacial score (nSPS) is 26.9. The van der Waals surface area contributed by atoms with Gasteiger partial charge in [0.15, 0.2) is 11.5 Å². The molecule has 8 nitrogen and oxygen atoms in total. The number of hydrogen-bond donors (Lipinski definition) is 2. The van der Waals surface area contributed by atoms with Gasteiger partial charge in [-0.15, -0.1) is 5.10 Å². The van der Waals surface area contributed by atoms with E-state index in [4.69, 9.17) is 9.47 Å². The Bertz CT molecular complexity index is 878. The van der Waals surface area contributed by atoms with E-state index in [1.807, 2.05) is 24.8 Å². The molecule has 0 radical (unpaired) electrons. The number of carbonyl (C=O) groups excluding carboxylic acids is 1. The lowest BCUT2D eigenvalue weighted by Crippen LogP contribution is -2.52. The predicted octanol–water partition coefficient (Wildman–Crippen LogP) is 0.809. The average Bonchev–Trinajstić information content (AvgIpc) is 3.44. The summed E-state index contributed by atoms with van der Waals surface area (Å²) in [7, 11) is 1.66. The van der Waals surface area contributed by atoms with Crippen molar-refractivity contribution in [3.8, 4) is 11.5 Å². The summed E-state index contributed by atoms with van der Waals surface area (Å²) < 4.78 is 13.6. The number of fused-ring (bicyclic) bond motifs is 2. The second-order valence-corrected chi connectivity index (χ2v) is 8.28. The van der Waals surface area contributed by atoms with Gasteiger partial charge in [-0.2, -0.15) is 0 Å². The Morgan fingerprint density at radius 3 is 3.00 bits per heavy atom. The molecule has 2 fully saturated rings. The fraction of sp³-hybridized carbons (Fsp3) is 0.571. The van der Waals surface area contributed by atoms with Crippen LogP contribution in [0.2, 0.25) is 0 Å². The zero-order chi connectivity index (χ0) is 19.8. The molecule has 2 aromatic rings. The van der Waals surface area contributed by atoms with Gasteiger partial charge in [-0.25, -0.2) is 4.57 Å². The highest BCUT2D eigenvalue weighted by Gasteiger charge is 2.52. The van der Waals surface area contributed by atoms with Gasteiger partial charge in [0.25, 0.3) is 6.33 Å². The fourth-order valence-corrected chi connectivity index (χ4v) is 5.35. The van der Waals surface area contributed by atoms with Crippen molar-refractivity contribution in [1.82, 2.24) is 20.4 Å². The van der Waals surface area contributed by atoms with E-state index in [0.717, 1.165) is 56.0 Å². The summed E-state index contributed by atoms with van der Waals surface area (Å²) in [5.74, 6) is 1.74. The first-order valence-corrected chi connectivity index (χ1v) is 10.4. The van der Waals surface area contributed by atoms with Crippen molar-refractivity contribution in [1.29, 1.82) is 0 Å². The van der Waals surface area contributed by atoms with Crippen molar-refractivity contribution in [2.45, 2.75) is 30.7 Å². The van der Waals surface area contributed by atoms with E-state index in [-0.39, 0.29) is 17.2 Å². The van der Waals surface area contributed by atoms with Crippen molar-refractivity contribution in [2.24, 2.45) is 5.92 Å². The second-order valence-electron chi connectivity index (χ2n) is 8.28.